The lowest BCUT2D eigenvalue weighted by atomic mass is 9.77. The van der Waals surface area contributed by atoms with Crippen LogP contribution in [0, 0.1) is 0 Å². The summed E-state index contributed by atoms with van der Waals surface area (Å²) in [6, 6.07) is 20.5. The van der Waals surface area contributed by atoms with Gasteiger partial charge >= 0.3 is 5.97 Å². The smallest absolute Gasteiger partial charge is 0.342 e. The predicted octanol–water partition coefficient (Wildman–Crippen LogP) is 3.61. The molecule has 6 rings (SSSR count). The number of carbonyl (C=O) groups is 1. The Morgan fingerprint density at radius 3 is 2.07 bits per heavy atom. The van der Waals surface area contributed by atoms with E-state index in [-0.39, 0.29) is 45.1 Å². The highest BCUT2D eigenvalue weighted by Gasteiger charge is 2.54. The largest absolute Gasteiger partial charge is 0.508 e. The first-order valence-corrected chi connectivity index (χ1v) is 14.3. The highest BCUT2D eigenvalue weighted by Crippen LogP contribution is 2.58. The van der Waals surface area contributed by atoms with E-state index in [1.165, 1.54) is 36.4 Å². The number of esters is 1. The van der Waals surface area contributed by atoms with Gasteiger partial charge in [-0.2, -0.15) is 0 Å². The molecule has 10 nitrogen and oxygen atoms in total. The van der Waals surface area contributed by atoms with Gasteiger partial charge in [0.15, 0.2) is 10.7 Å². The molecule has 0 radical (unpaired) electrons. The minimum absolute atomic E-state index is 0.0000332. The molecule has 0 bridgehead atoms. The summed E-state index contributed by atoms with van der Waals surface area (Å²) < 4.78 is 35.4. The average molecular weight is 590 g/mol. The van der Waals surface area contributed by atoms with E-state index in [0.717, 1.165) is 5.56 Å². The summed E-state index contributed by atoms with van der Waals surface area (Å²) in [6.07, 6.45) is 0.421. The summed E-state index contributed by atoms with van der Waals surface area (Å²) in [5.74, 6) is -0.170. The van der Waals surface area contributed by atoms with Gasteiger partial charge in [-0.25, -0.2) is 18.4 Å². The summed E-state index contributed by atoms with van der Waals surface area (Å²) in [4.78, 5) is 15.3. The highest BCUT2D eigenvalue weighted by molar-refractivity contribution is 7.89. The van der Waals surface area contributed by atoms with Crippen LogP contribution in [-0.4, -0.2) is 36.3 Å². The van der Waals surface area contributed by atoms with Crippen molar-refractivity contribution in [3.8, 4) is 23.0 Å². The summed E-state index contributed by atoms with van der Waals surface area (Å²) in [6.45, 7) is 0.277. The zero-order valence-electron chi connectivity index (χ0n) is 21.3. The number of phenolic OH excluding ortho intramolecular Hbond substituents is 2. The lowest BCUT2D eigenvalue weighted by Crippen LogP contribution is -2.38. The van der Waals surface area contributed by atoms with Gasteiger partial charge in [-0.15, -0.1) is 0 Å². The highest BCUT2D eigenvalue weighted by atomic mass is 32.2. The molecule has 6 N–H and O–H groups in total. The van der Waals surface area contributed by atoms with Gasteiger partial charge < -0.3 is 30.3 Å². The molecule has 4 aromatic carbocycles. The molecular formula is C29H23N3O7S2. The van der Waals surface area contributed by atoms with Crippen molar-refractivity contribution in [2.75, 3.05) is 11.4 Å². The number of sulfonamides is 1. The molecule has 0 saturated heterocycles. The van der Waals surface area contributed by atoms with Crippen molar-refractivity contribution >= 4 is 39.0 Å². The molecular weight excluding hydrogens is 566 g/mol. The number of fused-ring (bicyclic) bond motifs is 6. The molecule has 2 heterocycles. The van der Waals surface area contributed by atoms with Crippen LogP contribution in [-0.2, 0) is 26.8 Å². The van der Waals surface area contributed by atoms with Crippen LogP contribution in [0.3, 0.4) is 0 Å². The number of hydrogen-bond acceptors (Lipinski definition) is 8. The molecule has 2 aliphatic heterocycles. The standard InChI is InChI=1S/C29H23N3O7S2/c30-28(40)32(13-12-16-4-8-19(9-5-16)41(31,36)37)23-3-1-2-22-26(23)27(35)39-29(22)20-10-6-17(33)14-24(20)38-25-15-18(34)7-11-21(25)29/h1-11,14-15,33-34H,12-13H2,(H2,30,40)(H2,31,36,37). The van der Waals surface area contributed by atoms with E-state index < -0.39 is 21.6 Å². The van der Waals surface area contributed by atoms with Crippen LogP contribution in [0.1, 0.15) is 32.6 Å². The van der Waals surface area contributed by atoms with Crippen LogP contribution in [0.4, 0.5) is 5.69 Å². The van der Waals surface area contributed by atoms with Crippen molar-refractivity contribution in [2.24, 2.45) is 10.9 Å². The number of rotatable bonds is 5. The Kier molecular flexibility index (Phi) is 6.14. The molecule has 1 spiro atoms. The van der Waals surface area contributed by atoms with Crippen LogP contribution in [0.25, 0.3) is 0 Å². The first kappa shape index (κ1) is 26.6. The first-order chi connectivity index (χ1) is 19.5. The number of primary sulfonamides is 1. The van der Waals surface area contributed by atoms with Gasteiger partial charge in [0, 0.05) is 35.4 Å². The topological polar surface area (TPSA) is 165 Å². The van der Waals surface area contributed by atoms with Crippen LogP contribution in [0.15, 0.2) is 83.8 Å². The van der Waals surface area contributed by atoms with Gasteiger partial charge in [0.05, 0.1) is 16.1 Å². The van der Waals surface area contributed by atoms with Gasteiger partial charge in [-0.1, -0.05) is 24.3 Å². The fourth-order valence-electron chi connectivity index (χ4n) is 5.39. The predicted molar refractivity (Wildman–Crippen MR) is 154 cm³/mol. The summed E-state index contributed by atoms with van der Waals surface area (Å²) in [5, 5.41) is 25.5. The maximum atomic E-state index is 13.7. The fraction of sp³-hybridized carbons (Fsp3) is 0.103. The molecule has 0 amide bonds. The van der Waals surface area contributed by atoms with Crippen LogP contribution in [0.5, 0.6) is 23.0 Å². The number of carbonyl (C=O) groups excluding carboxylic acids is 1. The monoisotopic (exact) mass is 589 g/mol. The van der Waals surface area contributed by atoms with Gasteiger partial charge in [0.25, 0.3) is 0 Å². The summed E-state index contributed by atoms with van der Waals surface area (Å²) in [5.41, 5.74) is 7.71. The molecule has 208 valence electrons. The van der Waals surface area contributed by atoms with E-state index in [0.29, 0.717) is 28.8 Å². The number of anilines is 1. The first-order valence-electron chi connectivity index (χ1n) is 12.4. The maximum Gasteiger partial charge on any atom is 0.342 e. The zero-order chi connectivity index (χ0) is 29.1. The van der Waals surface area contributed by atoms with E-state index in [1.807, 2.05) is 0 Å². The average Bonchev–Trinajstić information content (AvgIpc) is 3.21. The minimum Gasteiger partial charge on any atom is -0.508 e. The second-order valence-corrected chi connectivity index (χ2v) is 11.6. The molecule has 2 aliphatic rings. The molecule has 4 aromatic rings. The quantitative estimate of drug-likeness (QED) is 0.200. The van der Waals surface area contributed by atoms with Gasteiger partial charge in [0.2, 0.25) is 10.0 Å². The number of phenols is 2. The zero-order valence-corrected chi connectivity index (χ0v) is 22.9. The summed E-state index contributed by atoms with van der Waals surface area (Å²) >= 11 is 5.38. The Morgan fingerprint density at radius 1 is 0.902 bits per heavy atom. The normalized spacial score (nSPS) is 14.4. The summed E-state index contributed by atoms with van der Waals surface area (Å²) in [7, 11) is -3.82. The van der Waals surface area contributed by atoms with Gasteiger partial charge in [0.1, 0.15) is 23.0 Å². The maximum absolute atomic E-state index is 13.7. The Bertz CT molecular complexity index is 1810. The number of benzene rings is 4. The molecule has 41 heavy (non-hydrogen) atoms. The molecule has 0 atom stereocenters. The third kappa shape index (κ3) is 4.32. The van der Waals surface area contributed by atoms with E-state index in [2.05, 4.69) is 0 Å². The Morgan fingerprint density at radius 2 is 1.51 bits per heavy atom. The molecule has 0 saturated carbocycles. The third-order valence-corrected chi connectivity index (χ3v) is 8.36. The lowest BCUT2D eigenvalue weighted by molar-refractivity contribution is 0.0224. The van der Waals surface area contributed by atoms with Crippen molar-refractivity contribution in [3.05, 3.63) is 107 Å². The van der Waals surface area contributed by atoms with Crippen LogP contribution < -0.4 is 20.5 Å². The van der Waals surface area contributed by atoms with E-state index in [4.69, 9.17) is 32.6 Å². The lowest BCUT2D eigenvalue weighted by Gasteiger charge is -2.36. The second-order valence-electron chi connectivity index (χ2n) is 9.66. The third-order valence-electron chi connectivity index (χ3n) is 7.21. The molecule has 0 unspecified atom stereocenters. The molecule has 0 aromatic heterocycles. The number of ether oxygens (including phenoxy) is 2. The van der Waals surface area contributed by atoms with E-state index in [1.54, 1.807) is 47.4 Å². The molecule has 12 heteroatoms. The van der Waals surface area contributed by atoms with Gasteiger partial charge in [-0.3, -0.25) is 0 Å². The number of aromatic hydroxyl groups is 2. The Labute approximate surface area is 240 Å². The molecule has 0 aliphatic carbocycles. The van der Waals surface area contributed by atoms with Crippen molar-refractivity contribution in [3.63, 3.8) is 0 Å². The van der Waals surface area contributed by atoms with Crippen LogP contribution >= 0.6 is 12.2 Å². The fourth-order valence-corrected chi connectivity index (χ4v) is 6.10. The van der Waals surface area contributed by atoms with Crippen molar-refractivity contribution in [1.29, 1.82) is 0 Å². The number of hydrogen-bond donors (Lipinski definition) is 4. The van der Waals surface area contributed by atoms with Crippen molar-refractivity contribution in [1.82, 2.24) is 0 Å². The number of thiocarbonyl (C=S) groups is 1. The van der Waals surface area contributed by atoms with Crippen molar-refractivity contribution < 1.29 is 32.9 Å². The van der Waals surface area contributed by atoms with E-state index >= 15 is 0 Å². The molecule has 0 fully saturated rings. The van der Waals surface area contributed by atoms with E-state index in [9.17, 15) is 23.4 Å². The number of nitrogens with two attached hydrogens (primary N) is 2. The Hall–Kier alpha value is -4.65. The SMILES string of the molecule is NC(=S)N(CCc1ccc(S(N)(=O)=O)cc1)c1cccc2c1C(=O)OC21c2ccc(O)cc2Oc2cc(O)ccc21. The second kappa shape index (κ2) is 9.47. The van der Waals surface area contributed by atoms with Crippen molar-refractivity contribution in [2.45, 2.75) is 16.9 Å². The van der Waals surface area contributed by atoms with Crippen LogP contribution in [0.2, 0.25) is 0 Å². The minimum atomic E-state index is -3.82. The van der Waals surface area contributed by atoms with Gasteiger partial charge in [-0.05, 0) is 66.7 Å². The number of nitrogens with zero attached hydrogens (tertiary/aromatic N) is 1. The Balaban J connectivity index is 1.45.